The summed E-state index contributed by atoms with van der Waals surface area (Å²) in [5.74, 6) is 0. The van der Waals surface area contributed by atoms with Gasteiger partial charge in [-0.05, 0) is 32.0 Å². The van der Waals surface area contributed by atoms with Gasteiger partial charge < -0.3 is 15.8 Å². The van der Waals surface area contributed by atoms with Gasteiger partial charge in [-0.1, -0.05) is 15.9 Å². The van der Waals surface area contributed by atoms with Crippen LogP contribution in [0.2, 0.25) is 0 Å². The van der Waals surface area contributed by atoms with Gasteiger partial charge in [0.2, 0.25) is 0 Å². The van der Waals surface area contributed by atoms with E-state index in [4.69, 9.17) is 10.5 Å². The molecule has 1 unspecified atom stereocenters. The minimum Gasteiger partial charge on any atom is -0.396 e. The number of ether oxygens (including phenoxy) is 1. The van der Waals surface area contributed by atoms with Crippen LogP contribution in [-0.4, -0.2) is 24.2 Å². The maximum atomic E-state index is 6.03. The molecule has 102 valence electrons. The molecule has 0 radical (unpaired) electrons. The van der Waals surface area contributed by atoms with Gasteiger partial charge in [0.1, 0.15) is 0 Å². The fourth-order valence-electron chi connectivity index (χ4n) is 1.92. The second-order valence-corrected chi connectivity index (χ2v) is 5.37. The Morgan fingerprint density at radius 2 is 2.26 bits per heavy atom. The van der Waals surface area contributed by atoms with Gasteiger partial charge >= 0.3 is 0 Å². The summed E-state index contributed by atoms with van der Waals surface area (Å²) < 4.78 is 6.42. The Bertz CT molecular complexity index is 569. The zero-order valence-electron chi connectivity index (χ0n) is 11.1. The lowest BCUT2D eigenvalue weighted by molar-refractivity contribution is 0.141. The van der Waals surface area contributed by atoms with Crippen LogP contribution in [0.1, 0.15) is 13.8 Å². The molecule has 1 aromatic heterocycles. The Balaban J connectivity index is 2.35. The Labute approximate surface area is 121 Å². The van der Waals surface area contributed by atoms with Gasteiger partial charge in [0.05, 0.1) is 29.7 Å². The van der Waals surface area contributed by atoms with E-state index in [9.17, 15) is 0 Å². The standard InChI is InChI=1S/C14H18BrN3O/c1-3-19-8-9(2)18-14-11-6-10(15)4-5-13(11)17-7-12(14)16/h4-7,9H,3,8,16H2,1-2H3,(H,17,18). The van der Waals surface area contributed by atoms with Crippen molar-refractivity contribution in [3.05, 3.63) is 28.9 Å². The first-order valence-electron chi connectivity index (χ1n) is 6.29. The zero-order valence-corrected chi connectivity index (χ0v) is 12.7. The topological polar surface area (TPSA) is 60.2 Å². The summed E-state index contributed by atoms with van der Waals surface area (Å²) >= 11 is 3.48. The number of aromatic nitrogens is 1. The number of benzene rings is 1. The molecule has 0 fully saturated rings. The van der Waals surface area contributed by atoms with Crippen LogP contribution >= 0.6 is 15.9 Å². The Morgan fingerprint density at radius 3 is 3.00 bits per heavy atom. The molecule has 0 spiro atoms. The third kappa shape index (κ3) is 3.36. The number of hydrogen-bond acceptors (Lipinski definition) is 4. The number of nitrogens with zero attached hydrogens (tertiary/aromatic N) is 1. The number of pyridine rings is 1. The van der Waals surface area contributed by atoms with E-state index in [0.717, 1.165) is 21.1 Å². The van der Waals surface area contributed by atoms with Crippen LogP contribution in [-0.2, 0) is 4.74 Å². The van der Waals surface area contributed by atoms with Crippen molar-refractivity contribution >= 4 is 38.2 Å². The molecule has 5 heteroatoms. The van der Waals surface area contributed by atoms with Crippen LogP contribution in [0.5, 0.6) is 0 Å². The number of halogens is 1. The number of hydrogen-bond donors (Lipinski definition) is 2. The summed E-state index contributed by atoms with van der Waals surface area (Å²) in [4.78, 5) is 4.33. The fourth-order valence-corrected chi connectivity index (χ4v) is 2.29. The lowest BCUT2D eigenvalue weighted by Gasteiger charge is -2.18. The van der Waals surface area contributed by atoms with Gasteiger partial charge in [-0.15, -0.1) is 0 Å². The minimum absolute atomic E-state index is 0.187. The van der Waals surface area contributed by atoms with Crippen molar-refractivity contribution in [3.8, 4) is 0 Å². The predicted octanol–water partition coefficient (Wildman–Crippen LogP) is 3.42. The third-order valence-corrected chi connectivity index (χ3v) is 3.32. The number of nitrogen functional groups attached to an aromatic ring is 1. The molecule has 0 saturated heterocycles. The van der Waals surface area contributed by atoms with Crippen molar-refractivity contribution < 1.29 is 4.74 Å². The highest BCUT2D eigenvalue weighted by atomic mass is 79.9. The maximum Gasteiger partial charge on any atom is 0.0743 e. The number of nitrogens with one attached hydrogen (secondary N) is 1. The summed E-state index contributed by atoms with van der Waals surface area (Å²) in [6, 6.07) is 6.15. The van der Waals surface area contributed by atoms with Crippen molar-refractivity contribution in [1.82, 2.24) is 4.98 Å². The molecule has 1 aromatic carbocycles. The lowest BCUT2D eigenvalue weighted by Crippen LogP contribution is -2.22. The number of nitrogens with two attached hydrogens (primary N) is 1. The van der Waals surface area contributed by atoms with Crippen LogP contribution in [0.4, 0.5) is 11.4 Å². The van der Waals surface area contributed by atoms with Gasteiger partial charge in [0.15, 0.2) is 0 Å². The average molecular weight is 324 g/mol. The van der Waals surface area contributed by atoms with E-state index in [1.165, 1.54) is 0 Å². The Morgan fingerprint density at radius 1 is 1.47 bits per heavy atom. The smallest absolute Gasteiger partial charge is 0.0743 e. The molecule has 0 aliphatic carbocycles. The largest absolute Gasteiger partial charge is 0.396 e. The van der Waals surface area contributed by atoms with Crippen LogP contribution in [0.25, 0.3) is 10.9 Å². The first-order chi connectivity index (χ1) is 9.11. The molecular formula is C14H18BrN3O. The van der Waals surface area contributed by atoms with Crippen molar-refractivity contribution in [2.75, 3.05) is 24.3 Å². The summed E-state index contributed by atoms with van der Waals surface area (Å²) in [5.41, 5.74) is 8.51. The third-order valence-electron chi connectivity index (χ3n) is 2.82. The predicted molar refractivity (Wildman–Crippen MR) is 83.4 cm³/mol. The zero-order chi connectivity index (χ0) is 13.8. The molecule has 1 heterocycles. The van der Waals surface area contributed by atoms with Gasteiger partial charge in [-0.25, -0.2) is 0 Å². The van der Waals surface area contributed by atoms with Crippen molar-refractivity contribution in [2.45, 2.75) is 19.9 Å². The molecule has 0 amide bonds. The molecule has 0 aliphatic heterocycles. The van der Waals surface area contributed by atoms with E-state index in [2.05, 4.69) is 33.2 Å². The monoisotopic (exact) mass is 323 g/mol. The molecular weight excluding hydrogens is 306 g/mol. The van der Waals surface area contributed by atoms with E-state index >= 15 is 0 Å². The first kappa shape index (κ1) is 14.1. The van der Waals surface area contributed by atoms with E-state index in [1.54, 1.807) is 6.20 Å². The fraction of sp³-hybridized carbons (Fsp3) is 0.357. The van der Waals surface area contributed by atoms with E-state index in [-0.39, 0.29) is 6.04 Å². The van der Waals surface area contributed by atoms with Gasteiger partial charge in [0, 0.05) is 22.5 Å². The second kappa shape index (κ2) is 6.21. The number of anilines is 2. The molecule has 1 atom stereocenters. The van der Waals surface area contributed by atoms with E-state index < -0.39 is 0 Å². The van der Waals surface area contributed by atoms with Crippen LogP contribution in [0.3, 0.4) is 0 Å². The number of fused-ring (bicyclic) bond motifs is 1. The summed E-state index contributed by atoms with van der Waals surface area (Å²) in [6.07, 6.45) is 1.69. The van der Waals surface area contributed by atoms with E-state index in [1.807, 2.05) is 25.1 Å². The average Bonchev–Trinajstić information content (AvgIpc) is 2.40. The lowest BCUT2D eigenvalue weighted by atomic mass is 10.1. The SMILES string of the molecule is CCOCC(C)Nc1c(N)cnc2ccc(Br)cc12. The molecule has 3 N–H and O–H groups in total. The molecule has 0 bridgehead atoms. The summed E-state index contributed by atoms with van der Waals surface area (Å²) in [5, 5.41) is 4.42. The van der Waals surface area contributed by atoms with Crippen LogP contribution in [0.15, 0.2) is 28.9 Å². The van der Waals surface area contributed by atoms with Gasteiger partial charge in [-0.2, -0.15) is 0 Å². The maximum absolute atomic E-state index is 6.03. The summed E-state index contributed by atoms with van der Waals surface area (Å²) in [6.45, 7) is 5.41. The molecule has 2 rings (SSSR count). The van der Waals surface area contributed by atoms with Crippen molar-refractivity contribution in [3.63, 3.8) is 0 Å². The quantitative estimate of drug-likeness (QED) is 0.885. The highest BCUT2D eigenvalue weighted by Gasteiger charge is 2.10. The highest BCUT2D eigenvalue weighted by Crippen LogP contribution is 2.30. The second-order valence-electron chi connectivity index (χ2n) is 4.45. The van der Waals surface area contributed by atoms with Gasteiger partial charge in [-0.3, -0.25) is 4.98 Å². The normalized spacial score (nSPS) is 12.6. The minimum atomic E-state index is 0.187. The van der Waals surface area contributed by atoms with E-state index in [0.29, 0.717) is 18.9 Å². The van der Waals surface area contributed by atoms with Crippen LogP contribution in [0, 0.1) is 0 Å². The Kier molecular flexibility index (Phi) is 4.61. The molecule has 19 heavy (non-hydrogen) atoms. The van der Waals surface area contributed by atoms with Crippen LogP contribution < -0.4 is 11.1 Å². The molecule has 4 nitrogen and oxygen atoms in total. The molecule has 0 aliphatic rings. The van der Waals surface area contributed by atoms with Crippen molar-refractivity contribution in [2.24, 2.45) is 0 Å². The highest BCUT2D eigenvalue weighted by molar-refractivity contribution is 9.10. The summed E-state index contributed by atoms with van der Waals surface area (Å²) in [7, 11) is 0. The van der Waals surface area contributed by atoms with Crippen molar-refractivity contribution in [1.29, 1.82) is 0 Å². The molecule has 0 saturated carbocycles. The van der Waals surface area contributed by atoms with Gasteiger partial charge in [0.25, 0.3) is 0 Å². The Hall–Kier alpha value is -1.33. The first-order valence-corrected chi connectivity index (χ1v) is 7.09. The molecule has 2 aromatic rings. The number of rotatable bonds is 5.